The summed E-state index contributed by atoms with van der Waals surface area (Å²) in [5, 5.41) is 16.6. The van der Waals surface area contributed by atoms with Crippen LogP contribution in [-0.4, -0.2) is 136 Å². The maximum absolute atomic E-state index is 10.5. The molecule has 0 heterocycles. The fourth-order valence-electron chi connectivity index (χ4n) is 2.49. The van der Waals surface area contributed by atoms with E-state index in [1.165, 1.54) is 0 Å². The molecule has 10 heteroatoms. The van der Waals surface area contributed by atoms with Crippen LogP contribution in [0.15, 0.2) is 0 Å². The van der Waals surface area contributed by atoms with Crippen molar-refractivity contribution in [3.63, 3.8) is 0 Å². The molecular formula is C22H45N3O7. The second kappa shape index (κ2) is 26.4. The summed E-state index contributed by atoms with van der Waals surface area (Å²) < 4.78 is 32.6. The van der Waals surface area contributed by atoms with Crippen LogP contribution in [0.2, 0.25) is 0 Å². The molecular weight excluding hydrogens is 418 g/mol. The zero-order chi connectivity index (χ0) is 23.5. The predicted molar refractivity (Wildman–Crippen MR) is 124 cm³/mol. The number of hydrogen-bond donors (Lipinski definition) is 3. The lowest BCUT2D eigenvalue weighted by Gasteiger charge is -2.27. The summed E-state index contributed by atoms with van der Waals surface area (Å²) in [5.41, 5.74) is 0. The first-order valence-electron chi connectivity index (χ1n) is 11.4. The molecule has 32 heavy (non-hydrogen) atoms. The third-order valence-corrected chi connectivity index (χ3v) is 4.28. The third-order valence-electron chi connectivity index (χ3n) is 4.28. The minimum absolute atomic E-state index is 0.304. The SMILES string of the molecule is C#CCOCCOCCOCCOCCC(O)N(CCOCCNC)CCOCCNC. The van der Waals surface area contributed by atoms with Gasteiger partial charge in [0.2, 0.25) is 0 Å². The smallest absolute Gasteiger partial charge is 0.109 e. The van der Waals surface area contributed by atoms with Crippen molar-refractivity contribution < 1.29 is 33.5 Å². The monoisotopic (exact) mass is 463 g/mol. The van der Waals surface area contributed by atoms with Gasteiger partial charge in [-0.2, -0.15) is 0 Å². The van der Waals surface area contributed by atoms with E-state index in [1.807, 2.05) is 19.0 Å². The van der Waals surface area contributed by atoms with Crippen LogP contribution in [-0.2, 0) is 28.4 Å². The maximum atomic E-state index is 10.5. The van der Waals surface area contributed by atoms with Crippen LogP contribution in [0.5, 0.6) is 0 Å². The minimum atomic E-state index is -0.609. The molecule has 0 aromatic rings. The van der Waals surface area contributed by atoms with Crippen molar-refractivity contribution in [3.8, 4) is 12.3 Å². The topological polar surface area (TPSA) is 103 Å². The zero-order valence-corrected chi connectivity index (χ0v) is 20.0. The van der Waals surface area contributed by atoms with Gasteiger partial charge in [0.05, 0.1) is 72.7 Å². The first-order chi connectivity index (χ1) is 15.8. The highest BCUT2D eigenvalue weighted by Crippen LogP contribution is 2.02. The number of aliphatic hydroxyl groups excluding tert-OH is 1. The van der Waals surface area contributed by atoms with Gasteiger partial charge in [0.25, 0.3) is 0 Å². The van der Waals surface area contributed by atoms with E-state index in [1.54, 1.807) is 0 Å². The summed E-state index contributed by atoms with van der Waals surface area (Å²) in [7, 11) is 3.78. The van der Waals surface area contributed by atoms with Crippen molar-refractivity contribution in [1.82, 2.24) is 15.5 Å². The van der Waals surface area contributed by atoms with Crippen LogP contribution >= 0.6 is 0 Å². The largest absolute Gasteiger partial charge is 0.379 e. The maximum Gasteiger partial charge on any atom is 0.109 e. The predicted octanol–water partition coefficient (Wildman–Crippen LogP) is -0.831. The minimum Gasteiger partial charge on any atom is -0.379 e. The lowest BCUT2D eigenvalue weighted by molar-refractivity contribution is -0.0509. The van der Waals surface area contributed by atoms with Crippen LogP contribution in [0.3, 0.4) is 0 Å². The molecule has 0 aromatic carbocycles. The molecule has 190 valence electrons. The van der Waals surface area contributed by atoms with Gasteiger partial charge in [-0.25, -0.2) is 0 Å². The number of terminal acetylenes is 1. The Labute approximate surface area is 194 Å². The first kappa shape index (κ1) is 31.2. The van der Waals surface area contributed by atoms with Crippen LogP contribution in [0.1, 0.15) is 6.42 Å². The van der Waals surface area contributed by atoms with Crippen molar-refractivity contribution in [3.05, 3.63) is 0 Å². The highest BCUT2D eigenvalue weighted by Gasteiger charge is 2.15. The summed E-state index contributed by atoms with van der Waals surface area (Å²) in [6, 6.07) is 0. The summed E-state index contributed by atoms with van der Waals surface area (Å²) in [5.74, 6) is 2.40. The molecule has 0 aliphatic heterocycles. The Kier molecular flexibility index (Phi) is 25.7. The van der Waals surface area contributed by atoms with Gasteiger partial charge in [-0.1, -0.05) is 5.92 Å². The molecule has 10 nitrogen and oxygen atoms in total. The summed E-state index contributed by atoms with van der Waals surface area (Å²) in [4.78, 5) is 1.96. The Morgan fingerprint density at radius 3 is 1.59 bits per heavy atom. The number of aliphatic hydroxyl groups is 1. The van der Waals surface area contributed by atoms with Gasteiger partial charge in [-0.3, -0.25) is 4.90 Å². The van der Waals surface area contributed by atoms with E-state index >= 15 is 0 Å². The fraction of sp³-hybridized carbons (Fsp3) is 0.909. The lowest BCUT2D eigenvalue weighted by Crippen LogP contribution is -2.41. The number of rotatable bonds is 26. The van der Waals surface area contributed by atoms with Gasteiger partial charge in [-0.05, 0) is 14.1 Å². The third kappa shape index (κ3) is 22.4. The Bertz CT molecular complexity index is 399. The number of nitrogens with zero attached hydrogens (tertiary/aromatic N) is 1. The number of nitrogens with one attached hydrogen (secondary N) is 2. The van der Waals surface area contributed by atoms with Gasteiger partial charge in [0.1, 0.15) is 12.8 Å². The van der Waals surface area contributed by atoms with Gasteiger partial charge < -0.3 is 44.2 Å². The molecule has 0 aromatic heterocycles. The van der Waals surface area contributed by atoms with Gasteiger partial charge >= 0.3 is 0 Å². The molecule has 0 rings (SSSR count). The van der Waals surface area contributed by atoms with Crippen LogP contribution in [0, 0.1) is 12.3 Å². The molecule has 0 aliphatic rings. The Morgan fingerprint density at radius 2 is 1.12 bits per heavy atom. The number of hydrogen-bond acceptors (Lipinski definition) is 10. The van der Waals surface area contributed by atoms with E-state index in [9.17, 15) is 5.11 Å². The second-order valence-corrected chi connectivity index (χ2v) is 6.83. The van der Waals surface area contributed by atoms with E-state index in [-0.39, 0.29) is 0 Å². The van der Waals surface area contributed by atoms with Crippen molar-refractivity contribution in [2.45, 2.75) is 12.6 Å². The molecule has 1 unspecified atom stereocenters. The first-order valence-corrected chi connectivity index (χ1v) is 11.4. The molecule has 0 amide bonds. The Hall–Kier alpha value is -0.840. The van der Waals surface area contributed by atoms with E-state index in [2.05, 4.69) is 16.6 Å². The van der Waals surface area contributed by atoms with E-state index in [0.717, 1.165) is 13.1 Å². The summed E-state index contributed by atoms with van der Waals surface area (Å²) >= 11 is 0. The van der Waals surface area contributed by atoms with E-state index < -0.39 is 6.23 Å². The molecule has 0 spiro atoms. The van der Waals surface area contributed by atoms with Crippen LogP contribution in [0.4, 0.5) is 0 Å². The molecule has 3 N–H and O–H groups in total. The van der Waals surface area contributed by atoms with Crippen LogP contribution in [0.25, 0.3) is 0 Å². The normalized spacial score (nSPS) is 12.3. The fourth-order valence-corrected chi connectivity index (χ4v) is 2.49. The second-order valence-electron chi connectivity index (χ2n) is 6.83. The molecule has 0 aliphatic carbocycles. The highest BCUT2D eigenvalue weighted by atomic mass is 16.6. The quantitative estimate of drug-likeness (QED) is 0.0856. The van der Waals surface area contributed by atoms with Crippen molar-refractivity contribution >= 4 is 0 Å². The molecule has 0 saturated carbocycles. The summed E-state index contributed by atoms with van der Waals surface area (Å²) in [6.45, 7) is 8.97. The molecule has 0 radical (unpaired) electrons. The van der Waals surface area contributed by atoms with Crippen LogP contribution < -0.4 is 10.6 Å². The molecule has 1 atom stereocenters. The van der Waals surface area contributed by atoms with Gasteiger partial charge in [-0.15, -0.1) is 6.42 Å². The van der Waals surface area contributed by atoms with Gasteiger partial charge in [0, 0.05) is 32.6 Å². The van der Waals surface area contributed by atoms with Crippen molar-refractivity contribution in [2.24, 2.45) is 0 Å². The number of ether oxygens (including phenoxy) is 6. The molecule has 0 bridgehead atoms. The standard InChI is InChI=1S/C22H45N3O7/c1-4-10-27-16-18-31-20-21-32-19-17-28-11-5-22(26)25(8-14-29-12-6-23-2)9-15-30-13-7-24-3/h1,22-24,26H,5-21H2,2-3H3. The van der Waals surface area contributed by atoms with E-state index in [0.29, 0.717) is 98.8 Å². The summed E-state index contributed by atoms with van der Waals surface area (Å²) in [6.07, 6.45) is 4.98. The Morgan fingerprint density at radius 1 is 0.688 bits per heavy atom. The van der Waals surface area contributed by atoms with Crippen molar-refractivity contribution in [2.75, 3.05) is 120 Å². The average molecular weight is 464 g/mol. The van der Waals surface area contributed by atoms with Gasteiger partial charge in [0.15, 0.2) is 0 Å². The average Bonchev–Trinajstić information content (AvgIpc) is 2.80. The molecule has 0 saturated heterocycles. The zero-order valence-electron chi connectivity index (χ0n) is 20.0. The Balaban J connectivity index is 3.79. The number of likely N-dealkylation sites (N-methyl/N-ethyl adjacent to an activating group) is 2. The van der Waals surface area contributed by atoms with Crippen molar-refractivity contribution in [1.29, 1.82) is 0 Å². The molecule has 0 fully saturated rings. The van der Waals surface area contributed by atoms with E-state index in [4.69, 9.17) is 34.8 Å². The lowest BCUT2D eigenvalue weighted by atomic mass is 10.3. The highest BCUT2D eigenvalue weighted by molar-refractivity contribution is 4.82.